The molecule has 0 N–H and O–H groups in total. The molecule has 0 bridgehead atoms. The number of benzene rings is 1. The van der Waals surface area contributed by atoms with Crippen LogP contribution in [-0.2, 0) is 11.3 Å². The molecule has 1 amide bonds. The lowest BCUT2D eigenvalue weighted by Gasteiger charge is -2.40. The van der Waals surface area contributed by atoms with Crippen molar-refractivity contribution < 1.29 is 9.18 Å². The van der Waals surface area contributed by atoms with E-state index in [1.165, 1.54) is 12.5 Å². The number of fused-ring (bicyclic) bond motifs is 1. The molecule has 1 unspecified atom stereocenters. The van der Waals surface area contributed by atoms with Crippen LogP contribution in [0.2, 0.25) is 0 Å². The van der Waals surface area contributed by atoms with Crippen LogP contribution >= 0.6 is 0 Å². The number of carbonyl (C=O) groups excluding carboxylic acids is 1. The Morgan fingerprint density at radius 1 is 1.00 bits per heavy atom. The Morgan fingerprint density at radius 2 is 1.79 bits per heavy atom. The van der Waals surface area contributed by atoms with Gasteiger partial charge in [-0.2, -0.15) is 0 Å². The summed E-state index contributed by atoms with van der Waals surface area (Å²) in [6.45, 7) is 1.43. The number of rotatable bonds is 2. The average Bonchev–Trinajstić information content (AvgIpc) is 3.10. The zero-order valence-corrected chi connectivity index (χ0v) is 13.8. The largest absolute Gasteiger partial charge is 0.348 e. The van der Waals surface area contributed by atoms with Gasteiger partial charge in [-0.1, -0.05) is 37.5 Å². The molecule has 2 aliphatic rings. The minimum atomic E-state index is -0.315. The molecule has 1 fully saturated rings. The van der Waals surface area contributed by atoms with E-state index in [1.807, 2.05) is 35.4 Å². The Labute approximate surface area is 142 Å². The predicted octanol–water partition coefficient (Wildman–Crippen LogP) is 4.14. The molecule has 24 heavy (non-hydrogen) atoms. The maximum atomic E-state index is 14.5. The monoisotopic (exact) mass is 326 g/mol. The van der Waals surface area contributed by atoms with E-state index in [0.717, 1.165) is 37.9 Å². The van der Waals surface area contributed by atoms with Gasteiger partial charge in [-0.3, -0.25) is 4.79 Å². The molecular formula is C20H23FN2O. The number of aromatic nitrogens is 1. The summed E-state index contributed by atoms with van der Waals surface area (Å²) in [5, 5.41) is 0. The summed E-state index contributed by atoms with van der Waals surface area (Å²) in [7, 11) is 0. The molecule has 2 heterocycles. The maximum absolute atomic E-state index is 14.5. The van der Waals surface area contributed by atoms with Crippen molar-refractivity contribution in [3.05, 3.63) is 59.7 Å². The van der Waals surface area contributed by atoms with Crippen LogP contribution in [0.4, 0.5) is 4.39 Å². The Kier molecular flexibility index (Phi) is 4.13. The summed E-state index contributed by atoms with van der Waals surface area (Å²) in [6, 6.07) is 10.5. The second-order valence-electron chi connectivity index (χ2n) is 6.92. The first kappa shape index (κ1) is 15.4. The molecule has 1 saturated carbocycles. The standard InChI is InChI=1S/C20H23FN2O/c21-17-10-5-4-9-16(17)19-18-11-6-12-22(18)13-14-23(19)20(24)15-7-2-1-3-8-15/h4-6,9-12,15,19H,1-3,7-8,13-14H2. The molecule has 2 aromatic rings. The van der Waals surface area contributed by atoms with Gasteiger partial charge in [-0.05, 0) is 31.0 Å². The molecule has 0 saturated heterocycles. The number of nitrogens with zero attached hydrogens (tertiary/aromatic N) is 2. The summed E-state index contributed by atoms with van der Waals surface area (Å²) in [5.41, 5.74) is 1.61. The molecule has 0 radical (unpaired) electrons. The second-order valence-corrected chi connectivity index (χ2v) is 6.92. The molecule has 4 heteroatoms. The van der Waals surface area contributed by atoms with Crippen LogP contribution in [0.5, 0.6) is 0 Å². The van der Waals surface area contributed by atoms with E-state index in [0.29, 0.717) is 12.1 Å². The van der Waals surface area contributed by atoms with Crippen molar-refractivity contribution in [2.24, 2.45) is 5.92 Å². The second kappa shape index (κ2) is 6.42. The quantitative estimate of drug-likeness (QED) is 0.814. The number of halogens is 1. The van der Waals surface area contributed by atoms with Crippen molar-refractivity contribution in [1.29, 1.82) is 0 Å². The van der Waals surface area contributed by atoms with E-state index in [4.69, 9.17) is 0 Å². The Morgan fingerprint density at radius 3 is 2.58 bits per heavy atom. The van der Waals surface area contributed by atoms with Gasteiger partial charge in [0, 0.05) is 36.5 Å². The molecule has 1 atom stereocenters. The average molecular weight is 326 g/mol. The summed E-state index contributed by atoms with van der Waals surface area (Å²) in [6.07, 6.45) is 7.45. The molecule has 1 aliphatic heterocycles. The fourth-order valence-electron chi connectivity index (χ4n) is 4.23. The van der Waals surface area contributed by atoms with Gasteiger partial charge in [0.15, 0.2) is 0 Å². The Balaban J connectivity index is 1.73. The highest BCUT2D eigenvalue weighted by atomic mass is 19.1. The van der Waals surface area contributed by atoms with Crippen molar-refractivity contribution in [3.8, 4) is 0 Å². The third-order valence-corrected chi connectivity index (χ3v) is 5.48. The number of hydrogen-bond donors (Lipinski definition) is 0. The lowest BCUT2D eigenvalue weighted by molar-refractivity contribution is -0.139. The summed E-state index contributed by atoms with van der Waals surface area (Å²) in [5.74, 6) is 0.0727. The lowest BCUT2D eigenvalue weighted by atomic mass is 9.87. The van der Waals surface area contributed by atoms with Gasteiger partial charge < -0.3 is 9.47 Å². The van der Waals surface area contributed by atoms with E-state index in [-0.39, 0.29) is 23.7 Å². The van der Waals surface area contributed by atoms with E-state index in [1.54, 1.807) is 6.07 Å². The first-order valence-electron chi connectivity index (χ1n) is 8.95. The fourth-order valence-corrected chi connectivity index (χ4v) is 4.23. The smallest absolute Gasteiger partial charge is 0.226 e. The van der Waals surface area contributed by atoms with Gasteiger partial charge >= 0.3 is 0 Å². The van der Waals surface area contributed by atoms with Gasteiger partial charge in [0.05, 0.1) is 0 Å². The van der Waals surface area contributed by atoms with E-state index >= 15 is 0 Å². The van der Waals surface area contributed by atoms with Crippen molar-refractivity contribution >= 4 is 5.91 Å². The van der Waals surface area contributed by atoms with Gasteiger partial charge in [0.1, 0.15) is 11.9 Å². The SMILES string of the molecule is O=C(C1CCCCC1)N1CCn2cccc2C1c1ccccc1F. The first-order chi connectivity index (χ1) is 11.8. The predicted molar refractivity (Wildman–Crippen MR) is 91.0 cm³/mol. The van der Waals surface area contributed by atoms with E-state index in [2.05, 4.69) is 4.57 Å². The third kappa shape index (κ3) is 2.64. The molecule has 0 spiro atoms. The van der Waals surface area contributed by atoms with Gasteiger partial charge in [0.2, 0.25) is 5.91 Å². The summed E-state index contributed by atoms with van der Waals surface area (Å²) < 4.78 is 16.6. The van der Waals surface area contributed by atoms with Crippen LogP contribution in [-0.4, -0.2) is 21.9 Å². The Bertz CT molecular complexity index is 733. The number of carbonyl (C=O) groups is 1. The van der Waals surface area contributed by atoms with Crippen LogP contribution in [0.1, 0.15) is 49.4 Å². The fraction of sp³-hybridized carbons (Fsp3) is 0.450. The van der Waals surface area contributed by atoms with Crippen LogP contribution in [0, 0.1) is 11.7 Å². The third-order valence-electron chi connectivity index (χ3n) is 5.48. The summed E-state index contributed by atoms with van der Waals surface area (Å²) >= 11 is 0. The van der Waals surface area contributed by atoms with Crippen LogP contribution in [0.15, 0.2) is 42.6 Å². The highest BCUT2D eigenvalue weighted by molar-refractivity contribution is 5.80. The highest BCUT2D eigenvalue weighted by Gasteiger charge is 2.36. The van der Waals surface area contributed by atoms with E-state index < -0.39 is 0 Å². The van der Waals surface area contributed by atoms with E-state index in [9.17, 15) is 9.18 Å². The van der Waals surface area contributed by atoms with Crippen LogP contribution < -0.4 is 0 Å². The minimum absolute atomic E-state index is 0.106. The minimum Gasteiger partial charge on any atom is -0.348 e. The molecule has 1 aromatic heterocycles. The van der Waals surface area contributed by atoms with Crippen molar-refractivity contribution in [2.45, 2.75) is 44.7 Å². The van der Waals surface area contributed by atoms with Gasteiger partial charge in [0.25, 0.3) is 0 Å². The number of hydrogen-bond acceptors (Lipinski definition) is 1. The molecule has 126 valence electrons. The van der Waals surface area contributed by atoms with Crippen LogP contribution in [0.25, 0.3) is 0 Å². The normalized spacial score (nSPS) is 21.5. The molecular weight excluding hydrogens is 303 g/mol. The Hall–Kier alpha value is -2.10. The lowest BCUT2D eigenvalue weighted by Crippen LogP contribution is -2.45. The number of amides is 1. The summed E-state index contributed by atoms with van der Waals surface area (Å²) in [4.78, 5) is 15.1. The zero-order chi connectivity index (χ0) is 16.5. The van der Waals surface area contributed by atoms with Crippen LogP contribution in [0.3, 0.4) is 0 Å². The molecule has 1 aromatic carbocycles. The topological polar surface area (TPSA) is 25.2 Å². The van der Waals surface area contributed by atoms with Crippen molar-refractivity contribution in [1.82, 2.24) is 9.47 Å². The van der Waals surface area contributed by atoms with Crippen molar-refractivity contribution in [2.75, 3.05) is 6.54 Å². The van der Waals surface area contributed by atoms with Gasteiger partial charge in [-0.25, -0.2) is 4.39 Å². The molecule has 4 rings (SSSR count). The molecule has 3 nitrogen and oxygen atoms in total. The highest BCUT2D eigenvalue weighted by Crippen LogP contribution is 2.36. The van der Waals surface area contributed by atoms with Crippen molar-refractivity contribution in [3.63, 3.8) is 0 Å². The zero-order valence-electron chi connectivity index (χ0n) is 13.8. The first-order valence-corrected chi connectivity index (χ1v) is 8.95. The van der Waals surface area contributed by atoms with Gasteiger partial charge in [-0.15, -0.1) is 0 Å². The maximum Gasteiger partial charge on any atom is 0.226 e. The molecule has 1 aliphatic carbocycles.